The van der Waals surface area contributed by atoms with Crippen LogP contribution in [0.25, 0.3) is 10.1 Å². The van der Waals surface area contributed by atoms with E-state index in [-0.39, 0.29) is 12.0 Å². The van der Waals surface area contributed by atoms with E-state index in [1.165, 1.54) is 15.0 Å². The van der Waals surface area contributed by atoms with Gasteiger partial charge < -0.3 is 9.84 Å². The summed E-state index contributed by atoms with van der Waals surface area (Å²) in [5.41, 5.74) is 1.02. The molecule has 0 saturated carbocycles. The van der Waals surface area contributed by atoms with Gasteiger partial charge in [0.1, 0.15) is 5.75 Å². The molecule has 0 radical (unpaired) electrons. The van der Waals surface area contributed by atoms with Crippen LogP contribution in [0.15, 0.2) is 48.5 Å². The molecule has 4 rings (SSSR count). The number of hydrogen-bond acceptors (Lipinski definition) is 4. The molecule has 0 spiro atoms. The van der Waals surface area contributed by atoms with Crippen LogP contribution in [-0.2, 0) is 4.79 Å². The van der Waals surface area contributed by atoms with Crippen LogP contribution in [0.1, 0.15) is 29.3 Å². The molecular weight excluding hydrogens is 394 g/mol. The Morgan fingerprint density at radius 1 is 1.21 bits per heavy atom. The van der Waals surface area contributed by atoms with E-state index in [2.05, 4.69) is 29.2 Å². The number of carboxylic acids is 1. The number of benzene rings is 2. The molecule has 2 heterocycles. The van der Waals surface area contributed by atoms with Crippen LogP contribution in [0.4, 0.5) is 0 Å². The second-order valence-corrected chi connectivity index (χ2v) is 8.68. The summed E-state index contributed by atoms with van der Waals surface area (Å²) in [6.45, 7) is 1.46. The van der Waals surface area contributed by atoms with E-state index in [9.17, 15) is 9.90 Å². The lowest BCUT2D eigenvalue weighted by Gasteiger charge is -2.37. The maximum atomic E-state index is 11.4. The average Bonchev–Trinajstić information content (AvgIpc) is 3.12. The van der Waals surface area contributed by atoms with Crippen molar-refractivity contribution < 1.29 is 14.6 Å². The second kappa shape index (κ2) is 8.11. The third kappa shape index (κ3) is 3.75. The van der Waals surface area contributed by atoms with E-state index in [1.54, 1.807) is 18.4 Å². The number of carbonyl (C=O) groups is 1. The summed E-state index contributed by atoms with van der Waals surface area (Å²) >= 11 is 8.11. The van der Waals surface area contributed by atoms with Crippen molar-refractivity contribution in [1.82, 2.24) is 4.90 Å². The third-order valence-electron chi connectivity index (χ3n) is 5.44. The smallest absolute Gasteiger partial charge is 0.306 e. The van der Waals surface area contributed by atoms with Crippen LogP contribution in [0.5, 0.6) is 5.75 Å². The minimum Gasteiger partial charge on any atom is -0.496 e. The molecule has 1 saturated heterocycles. The standard InChI is InChI=1S/C22H22ClNO3S/c1-27-18-7-6-16(23)13-17(18)21(24-10-8-14(9-11-24)22(25)26)20-12-15-4-2-3-5-19(15)28-20/h2-7,12-14,21H,8-11H2,1H3,(H,25,26). The summed E-state index contributed by atoms with van der Waals surface area (Å²) < 4.78 is 6.89. The number of fused-ring (bicyclic) bond motifs is 1. The van der Waals surface area contributed by atoms with Gasteiger partial charge in [0.2, 0.25) is 0 Å². The first-order valence-corrected chi connectivity index (χ1v) is 10.5. The van der Waals surface area contributed by atoms with Gasteiger partial charge in [-0.05, 0) is 61.6 Å². The zero-order valence-electron chi connectivity index (χ0n) is 15.6. The zero-order chi connectivity index (χ0) is 19.7. The van der Waals surface area contributed by atoms with Gasteiger partial charge in [0, 0.05) is 20.2 Å². The van der Waals surface area contributed by atoms with Gasteiger partial charge in [0.15, 0.2) is 0 Å². The van der Waals surface area contributed by atoms with Crippen LogP contribution in [0.3, 0.4) is 0 Å². The maximum Gasteiger partial charge on any atom is 0.306 e. The number of aliphatic carboxylic acids is 1. The Kier molecular flexibility index (Phi) is 5.58. The van der Waals surface area contributed by atoms with Gasteiger partial charge in [-0.1, -0.05) is 29.8 Å². The highest BCUT2D eigenvalue weighted by Gasteiger charge is 2.32. The van der Waals surface area contributed by atoms with E-state index < -0.39 is 5.97 Å². The molecule has 3 aromatic rings. The highest BCUT2D eigenvalue weighted by Crippen LogP contribution is 2.42. The molecule has 1 fully saturated rings. The Balaban J connectivity index is 1.77. The SMILES string of the molecule is COc1ccc(Cl)cc1C(c1cc2ccccc2s1)N1CCC(C(=O)O)CC1. The average molecular weight is 416 g/mol. The number of hydrogen-bond donors (Lipinski definition) is 1. The first-order valence-electron chi connectivity index (χ1n) is 9.35. The molecule has 1 aliphatic rings. The monoisotopic (exact) mass is 415 g/mol. The largest absolute Gasteiger partial charge is 0.496 e. The van der Waals surface area contributed by atoms with Gasteiger partial charge in [0.25, 0.3) is 0 Å². The van der Waals surface area contributed by atoms with Crippen molar-refractivity contribution in [3.8, 4) is 5.75 Å². The van der Waals surface area contributed by atoms with Crippen LogP contribution >= 0.6 is 22.9 Å². The molecule has 1 atom stereocenters. The number of likely N-dealkylation sites (tertiary alicyclic amines) is 1. The first kappa shape index (κ1) is 19.2. The Morgan fingerprint density at radius 3 is 2.64 bits per heavy atom. The summed E-state index contributed by atoms with van der Waals surface area (Å²) in [6, 6.07) is 16.3. The minimum atomic E-state index is -0.696. The number of thiophene rings is 1. The molecule has 2 aromatic carbocycles. The molecule has 1 unspecified atom stereocenters. The van der Waals surface area contributed by atoms with E-state index in [1.807, 2.05) is 24.3 Å². The first-order chi connectivity index (χ1) is 13.6. The van der Waals surface area contributed by atoms with Crippen molar-refractivity contribution >= 4 is 39.0 Å². The van der Waals surface area contributed by atoms with E-state index in [0.717, 1.165) is 24.4 Å². The fourth-order valence-electron chi connectivity index (χ4n) is 3.99. The zero-order valence-corrected chi connectivity index (χ0v) is 17.2. The lowest BCUT2D eigenvalue weighted by molar-refractivity contribution is -0.143. The van der Waals surface area contributed by atoms with E-state index >= 15 is 0 Å². The van der Waals surface area contributed by atoms with Crippen LogP contribution in [0.2, 0.25) is 5.02 Å². The summed E-state index contributed by atoms with van der Waals surface area (Å²) in [5.74, 6) is -0.161. The molecular formula is C22H22ClNO3S. The Morgan fingerprint density at radius 2 is 1.96 bits per heavy atom. The number of ether oxygens (including phenoxy) is 1. The topological polar surface area (TPSA) is 49.8 Å². The Labute approximate surface area is 173 Å². The predicted octanol–water partition coefficient (Wildman–Crippen LogP) is 5.45. The minimum absolute atomic E-state index is 0.0132. The number of nitrogens with zero attached hydrogens (tertiary/aromatic N) is 1. The van der Waals surface area contributed by atoms with E-state index in [0.29, 0.717) is 17.9 Å². The normalized spacial score (nSPS) is 16.9. The van der Waals surface area contributed by atoms with Crippen molar-refractivity contribution in [3.63, 3.8) is 0 Å². The van der Waals surface area contributed by atoms with Gasteiger partial charge in [-0.15, -0.1) is 11.3 Å². The summed E-state index contributed by atoms with van der Waals surface area (Å²) in [5, 5.41) is 11.2. The van der Waals surface area contributed by atoms with Crippen LogP contribution in [-0.4, -0.2) is 36.2 Å². The molecule has 0 aliphatic carbocycles. The van der Waals surface area contributed by atoms with Gasteiger partial charge in [-0.25, -0.2) is 0 Å². The number of halogens is 1. The van der Waals surface area contributed by atoms with Crippen molar-refractivity contribution in [1.29, 1.82) is 0 Å². The molecule has 0 bridgehead atoms. The number of rotatable bonds is 5. The van der Waals surface area contributed by atoms with Gasteiger partial charge >= 0.3 is 5.97 Å². The van der Waals surface area contributed by atoms with E-state index in [4.69, 9.17) is 16.3 Å². The fraction of sp³-hybridized carbons (Fsp3) is 0.318. The van der Waals surface area contributed by atoms with Gasteiger partial charge in [-0.2, -0.15) is 0 Å². The second-order valence-electron chi connectivity index (χ2n) is 7.12. The van der Waals surface area contributed by atoms with Crippen molar-refractivity contribution in [3.05, 3.63) is 64.0 Å². The molecule has 28 heavy (non-hydrogen) atoms. The molecule has 1 aliphatic heterocycles. The lowest BCUT2D eigenvalue weighted by Crippen LogP contribution is -2.39. The Hall–Kier alpha value is -2.08. The van der Waals surface area contributed by atoms with Gasteiger partial charge in [-0.3, -0.25) is 9.69 Å². The molecule has 1 N–H and O–H groups in total. The molecule has 0 amide bonds. The maximum absolute atomic E-state index is 11.4. The molecule has 6 heteroatoms. The third-order valence-corrected chi connectivity index (χ3v) is 6.85. The van der Waals surface area contributed by atoms with Gasteiger partial charge in [0.05, 0.1) is 19.1 Å². The summed E-state index contributed by atoms with van der Waals surface area (Å²) in [7, 11) is 1.67. The van der Waals surface area contributed by atoms with Crippen molar-refractivity contribution in [2.24, 2.45) is 5.92 Å². The highest BCUT2D eigenvalue weighted by molar-refractivity contribution is 7.19. The van der Waals surface area contributed by atoms with Crippen molar-refractivity contribution in [2.75, 3.05) is 20.2 Å². The lowest BCUT2D eigenvalue weighted by atomic mass is 9.93. The molecule has 146 valence electrons. The van der Waals surface area contributed by atoms with Crippen molar-refractivity contribution in [2.45, 2.75) is 18.9 Å². The number of methoxy groups -OCH3 is 1. The number of carboxylic acid groups (broad SMARTS) is 1. The number of piperidine rings is 1. The van der Waals surface area contributed by atoms with Crippen LogP contribution < -0.4 is 4.74 Å². The summed E-state index contributed by atoms with van der Waals surface area (Å²) in [6.07, 6.45) is 1.30. The summed E-state index contributed by atoms with van der Waals surface area (Å²) in [4.78, 5) is 15.0. The molecule has 4 nitrogen and oxygen atoms in total. The molecule has 1 aromatic heterocycles. The van der Waals surface area contributed by atoms with Crippen LogP contribution in [0, 0.1) is 5.92 Å². The predicted molar refractivity (Wildman–Crippen MR) is 114 cm³/mol. The Bertz CT molecular complexity index is 961. The highest BCUT2D eigenvalue weighted by atomic mass is 35.5. The fourth-order valence-corrected chi connectivity index (χ4v) is 5.39. The quantitative estimate of drug-likeness (QED) is 0.602.